The van der Waals surface area contributed by atoms with E-state index in [9.17, 15) is 4.79 Å². The summed E-state index contributed by atoms with van der Waals surface area (Å²) >= 11 is 0. The van der Waals surface area contributed by atoms with E-state index in [0.717, 1.165) is 23.4 Å². The molecule has 0 bridgehead atoms. The summed E-state index contributed by atoms with van der Waals surface area (Å²) < 4.78 is 0. The molecule has 1 aromatic carbocycles. The molecule has 2 aromatic rings. The van der Waals surface area contributed by atoms with Gasteiger partial charge in [0.25, 0.3) is 0 Å². The molecule has 1 heterocycles. The number of aromatic nitrogens is 1. The summed E-state index contributed by atoms with van der Waals surface area (Å²) in [4.78, 5) is 16.2. The molecule has 0 aliphatic heterocycles. The van der Waals surface area contributed by atoms with Crippen molar-refractivity contribution in [3.63, 3.8) is 0 Å². The predicted octanol–water partition coefficient (Wildman–Crippen LogP) is 3.85. The van der Waals surface area contributed by atoms with Gasteiger partial charge in [0.2, 0.25) is 5.91 Å². The standard InChI is InChI=1S/C18H18N2O/c1-13-11-17(13)18(21)20-16-7-4-5-14(12-16)8-9-15-6-2-3-10-19-15/h2-10,12-13,17H,11H2,1H3,(H,20,21)/b9-8+/t13-,17+/m1/s1. The lowest BCUT2D eigenvalue weighted by Gasteiger charge is -2.05. The van der Waals surface area contributed by atoms with Crippen molar-refractivity contribution < 1.29 is 4.79 Å². The molecule has 0 radical (unpaired) electrons. The van der Waals surface area contributed by atoms with E-state index >= 15 is 0 Å². The Bertz CT molecular complexity index is 664. The molecular formula is C18H18N2O. The van der Waals surface area contributed by atoms with Gasteiger partial charge in [0.05, 0.1) is 5.69 Å². The summed E-state index contributed by atoms with van der Waals surface area (Å²) in [7, 11) is 0. The topological polar surface area (TPSA) is 42.0 Å². The zero-order valence-electron chi connectivity index (χ0n) is 12.0. The molecule has 0 spiro atoms. The van der Waals surface area contributed by atoms with Gasteiger partial charge in [0, 0.05) is 17.8 Å². The fourth-order valence-electron chi connectivity index (χ4n) is 2.30. The van der Waals surface area contributed by atoms with Gasteiger partial charge in [-0.25, -0.2) is 0 Å². The Morgan fingerprint density at radius 1 is 1.24 bits per heavy atom. The number of carbonyl (C=O) groups is 1. The second-order valence-electron chi connectivity index (χ2n) is 5.52. The maximum Gasteiger partial charge on any atom is 0.227 e. The summed E-state index contributed by atoms with van der Waals surface area (Å²) in [6.07, 6.45) is 6.74. The average Bonchev–Trinajstić information content (AvgIpc) is 3.24. The first-order valence-corrected chi connectivity index (χ1v) is 7.22. The molecule has 3 rings (SSSR count). The van der Waals surface area contributed by atoms with Crippen LogP contribution in [0.1, 0.15) is 24.6 Å². The van der Waals surface area contributed by atoms with Crippen molar-refractivity contribution in [2.24, 2.45) is 11.8 Å². The van der Waals surface area contributed by atoms with Gasteiger partial charge >= 0.3 is 0 Å². The van der Waals surface area contributed by atoms with Gasteiger partial charge in [-0.05, 0) is 48.2 Å². The van der Waals surface area contributed by atoms with Crippen molar-refractivity contribution in [1.82, 2.24) is 4.98 Å². The highest BCUT2D eigenvalue weighted by Crippen LogP contribution is 2.38. The zero-order valence-corrected chi connectivity index (χ0v) is 12.0. The molecule has 21 heavy (non-hydrogen) atoms. The van der Waals surface area contributed by atoms with Gasteiger partial charge in [0.15, 0.2) is 0 Å². The second kappa shape index (κ2) is 5.92. The number of nitrogens with zero attached hydrogens (tertiary/aromatic N) is 1. The summed E-state index contributed by atoms with van der Waals surface area (Å²) in [6, 6.07) is 13.7. The number of benzene rings is 1. The van der Waals surface area contributed by atoms with Gasteiger partial charge in [-0.2, -0.15) is 0 Å². The molecule has 1 saturated carbocycles. The van der Waals surface area contributed by atoms with Gasteiger partial charge in [-0.1, -0.05) is 31.2 Å². The van der Waals surface area contributed by atoms with Crippen molar-refractivity contribution in [3.05, 3.63) is 59.9 Å². The fraction of sp³-hybridized carbons (Fsp3) is 0.222. The van der Waals surface area contributed by atoms with Crippen LogP contribution in [-0.4, -0.2) is 10.9 Å². The van der Waals surface area contributed by atoms with Crippen molar-refractivity contribution >= 4 is 23.7 Å². The Kier molecular flexibility index (Phi) is 3.82. The summed E-state index contributed by atoms with van der Waals surface area (Å²) in [6.45, 7) is 2.11. The van der Waals surface area contributed by atoms with Gasteiger partial charge in [0.1, 0.15) is 0 Å². The summed E-state index contributed by atoms with van der Waals surface area (Å²) in [5, 5.41) is 2.98. The third-order valence-corrected chi connectivity index (χ3v) is 3.73. The normalized spacial score (nSPS) is 20.4. The van der Waals surface area contributed by atoms with Crippen LogP contribution in [0.4, 0.5) is 5.69 Å². The first kappa shape index (κ1) is 13.6. The predicted molar refractivity (Wildman–Crippen MR) is 85.5 cm³/mol. The van der Waals surface area contributed by atoms with E-state index in [2.05, 4.69) is 17.2 Å². The van der Waals surface area contributed by atoms with Crippen LogP contribution < -0.4 is 5.32 Å². The Hall–Kier alpha value is -2.42. The van der Waals surface area contributed by atoms with E-state index in [0.29, 0.717) is 5.92 Å². The molecule has 1 aliphatic carbocycles. The molecule has 3 nitrogen and oxygen atoms in total. The monoisotopic (exact) mass is 278 g/mol. The largest absolute Gasteiger partial charge is 0.326 e. The minimum atomic E-state index is 0.133. The molecule has 1 amide bonds. The molecule has 3 heteroatoms. The Morgan fingerprint density at radius 3 is 2.81 bits per heavy atom. The van der Waals surface area contributed by atoms with Gasteiger partial charge < -0.3 is 5.32 Å². The van der Waals surface area contributed by atoms with E-state index in [1.54, 1.807) is 6.20 Å². The molecule has 1 fully saturated rings. The molecule has 1 aliphatic rings. The zero-order chi connectivity index (χ0) is 14.7. The maximum absolute atomic E-state index is 11.9. The number of hydrogen-bond acceptors (Lipinski definition) is 2. The van der Waals surface area contributed by atoms with Gasteiger partial charge in [-0.3, -0.25) is 9.78 Å². The third-order valence-electron chi connectivity index (χ3n) is 3.73. The highest BCUT2D eigenvalue weighted by Gasteiger charge is 2.38. The highest BCUT2D eigenvalue weighted by atomic mass is 16.2. The molecule has 106 valence electrons. The van der Waals surface area contributed by atoms with Crippen LogP contribution >= 0.6 is 0 Å². The quantitative estimate of drug-likeness (QED) is 0.923. The van der Waals surface area contributed by atoms with Crippen molar-refractivity contribution in [2.45, 2.75) is 13.3 Å². The number of hydrogen-bond donors (Lipinski definition) is 1. The number of rotatable bonds is 4. The lowest BCUT2D eigenvalue weighted by molar-refractivity contribution is -0.117. The molecule has 1 aromatic heterocycles. The number of amides is 1. The summed E-state index contributed by atoms with van der Waals surface area (Å²) in [5.74, 6) is 0.850. The molecular weight excluding hydrogens is 260 g/mol. The highest BCUT2D eigenvalue weighted by molar-refractivity contribution is 5.94. The lowest BCUT2D eigenvalue weighted by atomic mass is 10.1. The Balaban J connectivity index is 1.68. The van der Waals surface area contributed by atoms with E-state index in [-0.39, 0.29) is 11.8 Å². The van der Waals surface area contributed by atoms with Gasteiger partial charge in [-0.15, -0.1) is 0 Å². The third kappa shape index (κ3) is 3.57. The van der Waals surface area contributed by atoms with Crippen molar-refractivity contribution in [3.8, 4) is 0 Å². The number of nitrogens with one attached hydrogen (secondary N) is 1. The average molecular weight is 278 g/mol. The van der Waals surface area contributed by atoms with Crippen molar-refractivity contribution in [1.29, 1.82) is 0 Å². The summed E-state index contributed by atoms with van der Waals surface area (Å²) in [5.41, 5.74) is 2.81. The minimum absolute atomic E-state index is 0.133. The number of pyridine rings is 1. The first-order chi connectivity index (χ1) is 10.2. The van der Waals surface area contributed by atoms with Crippen LogP contribution in [0.2, 0.25) is 0 Å². The van der Waals surface area contributed by atoms with E-state index in [1.165, 1.54) is 0 Å². The fourth-order valence-corrected chi connectivity index (χ4v) is 2.30. The smallest absolute Gasteiger partial charge is 0.227 e. The van der Waals surface area contributed by atoms with Crippen LogP contribution in [0.15, 0.2) is 48.7 Å². The number of carbonyl (C=O) groups excluding carboxylic acids is 1. The molecule has 0 saturated heterocycles. The molecule has 2 atom stereocenters. The molecule has 1 N–H and O–H groups in total. The number of anilines is 1. The first-order valence-electron chi connectivity index (χ1n) is 7.22. The minimum Gasteiger partial charge on any atom is -0.326 e. The van der Waals surface area contributed by atoms with Crippen LogP contribution in [0.5, 0.6) is 0 Å². The Morgan fingerprint density at radius 2 is 2.10 bits per heavy atom. The SMILES string of the molecule is C[C@@H]1C[C@@H]1C(=O)Nc1cccc(/C=C/c2ccccn2)c1. The lowest BCUT2D eigenvalue weighted by Crippen LogP contribution is -2.14. The Labute approximate surface area is 124 Å². The van der Waals surface area contributed by atoms with E-state index in [1.807, 2.05) is 54.6 Å². The van der Waals surface area contributed by atoms with Crippen LogP contribution in [-0.2, 0) is 4.79 Å². The van der Waals surface area contributed by atoms with Crippen LogP contribution in [0.25, 0.3) is 12.2 Å². The van der Waals surface area contributed by atoms with Crippen LogP contribution in [0.3, 0.4) is 0 Å². The molecule has 0 unspecified atom stereocenters. The van der Waals surface area contributed by atoms with Crippen molar-refractivity contribution in [2.75, 3.05) is 5.32 Å². The maximum atomic E-state index is 11.9. The van der Waals surface area contributed by atoms with Crippen LogP contribution in [0, 0.1) is 11.8 Å². The van der Waals surface area contributed by atoms with E-state index < -0.39 is 0 Å². The van der Waals surface area contributed by atoms with E-state index in [4.69, 9.17) is 0 Å². The second-order valence-corrected chi connectivity index (χ2v) is 5.52.